The Labute approximate surface area is 311 Å². The summed E-state index contributed by atoms with van der Waals surface area (Å²) in [5, 5.41) is 15.4. The molecule has 2 aliphatic rings. The Balaban J connectivity index is 1.36. The summed E-state index contributed by atoms with van der Waals surface area (Å²) in [4.78, 5) is 69.0. The number of aromatic nitrogens is 1. The van der Waals surface area contributed by atoms with Gasteiger partial charge in [0.1, 0.15) is 29.5 Å². The zero-order valence-electron chi connectivity index (χ0n) is 31.2. The van der Waals surface area contributed by atoms with Crippen molar-refractivity contribution in [3.63, 3.8) is 0 Å². The van der Waals surface area contributed by atoms with Crippen LogP contribution >= 0.6 is 0 Å². The molecule has 12 nitrogen and oxygen atoms in total. The maximum Gasteiger partial charge on any atom is 0.274 e. The molecular weight excluding hydrogens is 674 g/mol. The molecule has 1 saturated carbocycles. The molecule has 0 unspecified atom stereocenters. The van der Waals surface area contributed by atoms with E-state index in [4.69, 9.17) is 9.26 Å². The number of rotatable bonds is 19. The maximum atomic E-state index is 14.3. The Morgan fingerprint density at radius 3 is 1.94 bits per heavy atom. The molecule has 1 aromatic heterocycles. The Morgan fingerprint density at radius 1 is 0.792 bits per heavy atom. The molecule has 12 heteroatoms. The van der Waals surface area contributed by atoms with Gasteiger partial charge in [0.15, 0.2) is 11.5 Å². The summed E-state index contributed by atoms with van der Waals surface area (Å²) in [6.45, 7) is 7.64. The van der Waals surface area contributed by atoms with Crippen LogP contribution in [0.15, 0.2) is 71.3 Å². The van der Waals surface area contributed by atoms with Crippen LogP contribution in [0.1, 0.15) is 93.1 Å². The van der Waals surface area contributed by atoms with Crippen molar-refractivity contribution < 1.29 is 33.2 Å². The van der Waals surface area contributed by atoms with Crippen LogP contribution in [0.5, 0.6) is 0 Å². The van der Waals surface area contributed by atoms with Crippen LogP contribution in [0.25, 0.3) is 0 Å². The van der Waals surface area contributed by atoms with E-state index in [-0.39, 0.29) is 36.2 Å². The molecule has 53 heavy (non-hydrogen) atoms. The zero-order valence-corrected chi connectivity index (χ0v) is 31.2. The smallest absolute Gasteiger partial charge is 0.274 e. The Kier molecular flexibility index (Phi) is 13.6. The highest BCUT2D eigenvalue weighted by Crippen LogP contribution is 2.30. The third-order valence-electron chi connectivity index (χ3n) is 10.1. The van der Waals surface area contributed by atoms with Gasteiger partial charge in [0.25, 0.3) is 5.91 Å². The van der Waals surface area contributed by atoms with Crippen molar-refractivity contribution in [3.8, 4) is 0 Å². The normalized spacial score (nSPS) is 19.1. The molecule has 2 fully saturated rings. The summed E-state index contributed by atoms with van der Waals surface area (Å²) in [6, 6.07) is 16.6. The van der Waals surface area contributed by atoms with Crippen molar-refractivity contribution >= 4 is 29.4 Å². The van der Waals surface area contributed by atoms with Crippen molar-refractivity contribution in [1.82, 2.24) is 26.4 Å². The summed E-state index contributed by atoms with van der Waals surface area (Å²) in [7, 11) is 0. The summed E-state index contributed by atoms with van der Waals surface area (Å²) in [5.41, 5.74) is 0.927. The first-order valence-electron chi connectivity index (χ1n) is 18.8. The van der Waals surface area contributed by atoms with E-state index in [9.17, 15) is 24.0 Å². The lowest BCUT2D eigenvalue weighted by Crippen LogP contribution is -2.59. The van der Waals surface area contributed by atoms with Gasteiger partial charge in [-0.2, -0.15) is 0 Å². The van der Waals surface area contributed by atoms with E-state index in [2.05, 4.69) is 26.4 Å². The minimum Gasteiger partial charge on any atom is -0.361 e. The molecule has 0 spiro atoms. The van der Waals surface area contributed by atoms with E-state index in [1.54, 1.807) is 13.8 Å². The molecule has 2 aromatic carbocycles. The largest absolute Gasteiger partial charge is 0.361 e. The maximum absolute atomic E-state index is 14.3. The minimum absolute atomic E-state index is 0.0477. The van der Waals surface area contributed by atoms with Crippen LogP contribution in [0.3, 0.4) is 0 Å². The molecule has 1 aliphatic heterocycles. The van der Waals surface area contributed by atoms with Crippen LogP contribution in [0, 0.1) is 18.8 Å². The van der Waals surface area contributed by atoms with Gasteiger partial charge in [0.2, 0.25) is 17.7 Å². The predicted molar refractivity (Wildman–Crippen MR) is 199 cm³/mol. The van der Waals surface area contributed by atoms with Gasteiger partial charge < -0.3 is 30.5 Å². The van der Waals surface area contributed by atoms with E-state index >= 15 is 0 Å². The Morgan fingerprint density at radius 2 is 1.36 bits per heavy atom. The SMILES string of the molecule is Cc1cc(C(=O)N[C@@H](CCc2ccccc2)C(=O)N[C@@H](CC2CCCC2)C(=O)N[C@@H](Cc2ccccc2)C(=O)N[C@@H](CC(C)C)C(=O)[C@@]2(C)CO2)no1. The van der Waals surface area contributed by atoms with Gasteiger partial charge in [-0.05, 0) is 62.5 Å². The summed E-state index contributed by atoms with van der Waals surface area (Å²) in [5.74, 6) is -1.51. The van der Waals surface area contributed by atoms with Gasteiger partial charge in [-0.15, -0.1) is 0 Å². The predicted octanol–water partition coefficient (Wildman–Crippen LogP) is 4.40. The van der Waals surface area contributed by atoms with Crippen LogP contribution in [0.4, 0.5) is 0 Å². The lowest BCUT2D eigenvalue weighted by atomic mass is 9.92. The minimum atomic E-state index is -1.03. The number of carbonyl (C=O) groups excluding carboxylic acids is 5. The molecule has 0 radical (unpaired) electrons. The first kappa shape index (κ1) is 39.4. The van der Waals surface area contributed by atoms with Crippen molar-refractivity contribution in [2.24, 2.45) is 11.8 Å². The highest BCUT2D eigenvalue weighted by molar-refractivity contribution is 5.99. The van der Waals surface area contributed by atoms with E-state index in [0.717, 1.165) is 36.8 Å². The number of benzene rings is 2. The average molecular weight is 728 g/mol. The monoisotopic (exact) mass is 727 g/mol. The Bertz CT molecular complexity index is 1700. The molecule has 1 saturated heterocycles. The second-order valence-corrected chi connectivity index (χ2v) is 15.1. The number of amides is 4. The molecular formula is C41H53N5O7. The molecule has 0 bridgehead atoms. The number of hydrogen-bond acceptors (Lipinski definition) is 8. The Hall–Kier alpha value is -4.84. The lowest BCUT2D eigenvalue weighted by molar-refractivity contribution is -0.134. The van der Waals surface area contributed by atoms with Gasteiger partial charge in [0.05, 0.1) is 12.6 Å². The summed E-state index contributed by atoms with van der Waals surface area (Å²) >= 11 is 0. The van der Waals surface area contributed by atoms with Crippen molar-refractivity contribution in [1.29, 1.82) is 0 Å². The van der Waals surface area contributed by atoms with Crippen molar-refractivity contribution in [2.75, 3.05) is 6.61 Å². The van der Waals surface area contributed by atoms with E-state index in [1.165, 1.54) is 6.07 Å². The topological polar surface area (TPSA) is 172 Å². The van der Waals surface area contributed by atoms with E-state index in [1.807, 2.05) is 74.5 Å². The number of ether oxygens (including phenoxy) is 1. The van der Waals surface area contributed by atoms with Crippen molar-refractivity contribution in [3.05, 3.63) is 89.3 Å². The molecule has 4 amide bonds. The quantitative estimate of drug-likeness (QED) is 0.132. The van der Waals surface area contributed by atoms with Crippen LogP contribution < -0.4 is 21.3 Å². The van der Waals surface area contributed by atoms with E-state index in [0.29, 0.717) is 31.6 Å². The number of epoxide rings is 1. The van der Waals surface area contributed by atoms with Gasteiger partial charge >= 0.3 is 0 Å². The number of nitrogens with one attached hydrogen (secondary N) is 4. The second-order valence-electron chi connectivity index (χ2n) is 15.1. The fraction of sp³-hybridized carbons (Fsp3) is 0.512. The van der Waals surface area contributed by atoms with E-state index < -0.39 is 53.4 Å². The number of ketones is 1. The standard InChI is InChI=1S/C41H53N5O7/c1-26(2)21-32(36(47)41(4)25-52-41)43-38(49)33(23-29-15-9-6-10-16-29)45-39(50)34(24-30-17-11-12-18-30)44-37(48)31(20-19-28-13-7-5-8-14-28)42-40(51)35-22-27(3)53-46-35/h5-10,13-16,22,26,30-34H,11-12,17-21,23-25H2,1-4H3,(H,42,51)(H,43,49)(H,44,48)(H,45,50)/t31-,32-,33-,34-,41+/m0/s1. The van der Waals surface area contributed by atoms with Gasteiger partial charge in [-0.25, -0.2) is 0 Å². The molecule has 4 N–H and O–H groups in total. The number of aryl methyl sites for hydroxylation is 2. The summed E-state index contributed by atoms with van der Waals surface area (Å²) < 4.78 is 10.5. The third-order valence-corrected chi connectivity index (χ3v) is 10.1. The molecule has 5 rings (SSSR count). The highest BCUT2D eigenvalue weighted by atomic mass is 16.6. The van der Waals surface area contributed by atoms with Gasteiger partial charge in [-0.1, -0.05) is 105 Å². The van der Waals surface area contributed by atoms with Gasteiger partial charge in [-0.3, -0.25) is 24.0 Å². The highest BCUT2D eigenvalue weighted by Gasteiger charge is 2.50. The second kappa shape index (κ2) is 18.3. The molecule has 3 aromatic rings. The molecule has 1 aliphatic carbocycles. The lowest BCUT2D eigenvalue weighted by Gasteiger charge is -2.28. The van der Waals surface area contributed by atoms with Crippen LogP contribution in [0.2, 0.25) is 0 Å². The zero-order chi connectivity index (χ0) is 38.0. The number of nitrogens with zero attached hydrogens (tertiary/aromatic N) is 1. The molecule has 284 valence electrons. The first-order chi connectivity index (χ1) is 25.4. The van der Waals surface area contributed by atoms with Crippen LogP contribution in [-0.4, -0.2) is 70.9 Å². The number of Topliss-reactive ketones (excluding diaryl/α,β-unsaturated/α-hetero) is 1. The fourth-order valence-electron chi connectivity index (χ4n) is 6.94. The fourth-order valence-corrected chi connectivity index (χ4v) is 6.94. The van der Waals surface area contributed by atoms with Crippen LogP contribution in [-0.2, 0) is 36.8 Å². The molecule has 5 atom stereocenters. The summed E-state index contributed by atoms with van der Waals surface area (Å²) in [6.07, 6.45) is 5.65. The van der Waals surface area contributed by atoms with Crippen molar-refractivity contribution in [2.45, 2.75) is 115 Å². The third kappa shape index (κ3) is 11.6. The first-order valence-corrected chi connectivity index (χ1v) is 18.8. The number of carbonyl (C=O) groups is 5. The molecule has 2 heterocycles. The van der Waals surface area contributed by atoms with Gasteiger partial charge in [0, 0.05) is 12.5 Å². The number of hydrogen-bond donors (Lipinski definition) is 4. The average Bonchev–Trinajstić information content (AvgIpc) is 3.46.